The Labute approximate surface area is 186 Å². The van der Waals surface area contributed by atoms with E-state index in [0.29, 0.717) is 50.7 Å². The van der Waals surface area contributed by atoms with Crippen molar-refractivity contribution in [2.24, 2.45) is 4.99 Å². The van der Waals surface area contributed by atoms with Crippen LogP contribution in [0.15, 0.2) is 47.5 Å². The second-order valence-corrected chi connectivity index (χ2v) is 7.57. The molecule has 1 unspecified atom stereocenters. The number of hydrogen-bond donors (Lipinski definition) is 4. The van der Waals surface area contributed by atoms with Crippen LogP contribution in [-0.4, -0.2) is 55.7 Å². The quantitative estimate of drug-likeness (QED) is 0.285. The molecular formula is C23H29F2N5O2. The molecule has 1 amide bonds. The maximum atomic E-state index is 14.1. The first-order chi connectivity index (χ1) is 15.5. The molecule has 2 aromatic carbocycles. The zero-order valence-electron chi connectivity index (χ0n) is 18.1. The van der Waals surface area contributed by atoms with Crippen LogP contribution in [0.1, 0.15) is 30.1 Å². The number of amides is 1. The predicted octanol–water partition coefficient (Wildman–Crippen LogP) is 2.62. The summed E-state index contributed by atoms with van der Waals surface area (Å²) in [6, 6.07) is 10.1. The molecule has 1 saturated heterocycles. The smallest absolute Gasteiger partial charge is 0.251 e. The van der Waals surface area contributed by atoms with Crippen LogP contribution >= 0.6 is 0 Å². The maximum absolute atomic E-state index is 14.1. The van der Waals surface area contributed by atoms with Crippen molar-refractivity contribution in [3.63, 3.8) is 0 Å². The number of nitrogens with zero attached hydrogens (tertiary/aromatic N) is 2. The molecule has 172 valence electrons. The number of guanidine groups is 1. The summed E-state index contributed by atoms with van der Waals surface area (Å²) in [4.78, 5) is 18.3. The van der Waals surface area contributed by atoms with E-state index in [1.54, 1.807) is 17.0 Å². The molecule has 0 bridgehead atoms. The second-order valence-electron chi connectivity index (χ2n) is 7.57. The van der Waals surface area contributed by atoms with E-state index in [-0.39, 0.29) is 23.4 Å². The van der Waals surface area contributed by atoms with Crippen molar-refractivity contribution >= 4 is 17.6 Å². The number of rotatable bonds is 8. The molecule has 0 spiro atoms. The van der Waals surface area contributed by atoms with Gasteiger partial charge in [0.05, 0.1) is 0 Å². The highest BCUT2D eigenvalue weighted by Gasteiger charge is 2.27. The number of nitrogens with one attached hydrogen (secondary N) is 3. The number of phenolic OH excluding ortho intramolecular Hbond substituents is 1. The Bertz CT molecular complexity index is 933. The van der Waals surface area contributed by atoms with Gasteiger partial charge in [0, 0.05) is 44.3 Å². The number of carbonyl (C=O) groups is 1. The lowest BCUT2D eigenvalue weighted by Gasteiger charge is -2.21. The van der Waals surface area contributed by atoms with Crippen LogP contribution < -0.4 is 20.9 Å². The molecule has 3 rings (SSSR count). The summed E-state index contributed by atoms with van der Waals surface area (Å²) < 4.78 is 28.1. The molecule has 0 aliphatic carbocycles. The molecule has 32 heavy (non-hydrogen) atoms. The fraction of sp³-hybridized carbons (Fsp3) is 0.391. The van der Waals surface area contributed by atoms with E-state index in [2.05, 4.69) is 20.9 Å². The second kappa shape index (κ2) is 11.3. The molecule has 0 aromatic heterocycles. The molecule has 1 aliphatic heterocycles. The Balaban J connectivity index is 1.46. The number of phenols is 1. The Hall–Kier alpha value is -3.36. The van der Waals surface area contributed by atoms with Crippen LogP contribution in [0, 0.1) is 11.6 Å². The maximum Gasteiger partial charge on any atom is 0.251 e. The zero-order valence-corrected chi connectivity index (χ0v) is 18.1. The highest BCUT2D eigenvalue weighted by molar-refractivity contribution is 5.94. The van der Waals surface area contributed by atoms with Gasteiger partial charge in [0.1, 0.15) is 23.1 Å². The van der Waals surface area contributed by atoms with Crippen molar-refractivity contribution in [1.29, 1.82) is 0 Å². The van der Waals surface area contributed by atoms with E-state index in [4.69, 9.17) is 0 Å². The summed E-state index contributed by atoms with van der Waals surface area (Å²) >= 11 is 0. The third-order valence-corrected chi connectivity index (χ3v) is 5.13. The van der Waals surface area contributed by atoms with E-state index in [1.807, 2.05) is 6.92 Å². The van der Waals surface area contributed by atoms with E-state index in [9.17, 15) is 18.7 Å². The minimum Gasteiger partial charge on any atom is -0.508 e. The molecule has 9 heteroatoms. The number of benzene rings is 2. The lowest BCUT2D eigenvalue weighted by molar-refractivity contribution is 0.0953. The lowest BCUT2D eigenvalue weighted by atomic mass is 10.2. The fourth-order valence-corrected chi connectivity index (χ4v) is 3.61. The summed E-state index contributed by atoms with van der Waals surface area (Å²) in [5.41, 5.74) is 0.418. The Morgan fingerprint density at radius 3 is 2.66 bits per heavy atom. The van der Waals surface area contributed by atoms with Crippen molar-refractivity contribution in [3.05, 3.63) is 59.7 Å². The predicted molar refractivity (Wildman–Crippen MR) is 121 cm³/mol. The third kappa shape index (κ3) is 6.32. The van der Waals surface area contributed by atoms with Gasteiger partial charge in [0.2, 0.25) is 0 Å². The van der Waals surface area contributed by atoms with E-state index >= 15 is 0 Å². The van der Waals surface area contributed by atoms with Gasteiger partial charge in [-0.1, -0.05) is 12.1 Å². The average Bonchev–Trinajstić information content (AvgIpc) is 3.21. The summed E-state index contributed by atoms with van der Waals surface area (Å²) in [6.45, 7) is 4.61. The molecule has 7 nitrogen and oxygen atoms in total. The lowest BCUT2D eigenvalue weighted by Crippen LogP contribution is -2.44. The summed E-state index contributed by atoms with van der Waals surface area (Å²) in [5, 5.41) is 18.8. The van der Waals surface area contributed by atoms with Crippen molar-refractivity contribution < 1.29 is 18.7 Å². The highest BCUT2D eigenvalue weighted by Crippen LogP contribution is 2.26. The SMILES string of the molecule is CCNC(=NCCCNC(=O)c1cccc(O)c1)NC1CCN(c2c(F)cccc2F)C1. The first-order valence-corrected chi connectivity index (χ1v) is 10.8. The number of aromatic hydroxyl groups is 1. The van der Waals surface area contributed by atoms with Crippen LogP contribution in [0.25, 0.3) is 0 Å². The number of aliphatic imine (C=N–C) groups is 1. The molecule has 2 aromatic rings. The molecule has 0 saturated carbocycles. The van der Waals surface area contributed by atoms with Crippen molar-refractivity contribution in [1.82, 2.24) is 16.0 Å². The van der Waals surface area contributed by atoms with Gasteiger partial charge < -0.3 is 26.0 Å². The molecule has 1 atom stereocenters. The van der Waals surface area contributed by atoms with E-state index in [0.717, 1.165) is 6.42 Å². The van der Waals surface area contributed by atoms with Gasteiger partial charge in [-0.2, -0.15) is 0 Å². The van der Waals surface area contributed by atoms with Crippen LogP contribution in [0.4, 0.5) is 14.5 Å². The zero-order chi connectivity index (χ0) is 22.9. The minimum absolute atomic E-state index is 0.0114. The van der Waals surface area contributed by atoms with E-state index < -0.39 is 11.6 Å². The summed E-state index contributed by atoms with van der Waals surface area (Å²) in [5.74, 6) is -0.682. The number of para-hydroxylation sites is 1. The van der Waals surface area contributed by atoms with Gasteiger partial charge in [-0.25, -0.2) is 8.78 Å². The molecule has 1 aliphatic rings. The standard InChI is InChI=1S/C23H29F2N5O2/c1-2-26-23(28-12-5-11-27-22(32)16-6-3-7-18(31)14-16)29-17-10-13-30(15-17)21-19(24)8-4-9-20(21)25/h3-4,6-9,14,17,31H,2,5,10-13,15H2,1H3,(H,27,32)(H2,26,28,29). The van der Waals surface area contributed by atoms with Crippen molar-refractivity contribution in [2.45, 2.75) is 25.8 Å². The minimum atomic E-state index is -0.556. The topological polar surface area (TPSA) is 89.0 Å². The van der Waals surface area contributed by atoms with Gasteiger partial charge in [-0.3, -0.25) is 9.79 Å². The normalized spacial score (nSPS) is 16.2. The van der Waals surface area contributed by atoms with Crippen LogP contribution in [-0.2, 0) is 0 Å². The largest absolute Gasteiger partial charge is 0.508 e. The summed E-state index contributed by atoms with van der Waals surface area (Å²) in [7, 11) is 0. The summed E-state index contributed by atoms with van der Waals surface area (Å²) in [6.07, 6.45) is 1.37. The molecule has 1 heterocycles. The monoisotopic (exact) mass is 445 g/mol. The Morgan fingerprint density at radius 1 is 1.19 bits per heavy atom. The molecule has 0 radical (unpaired) electrons. The Kier molecular flexibility index (Phi) is 8.24. The van der Waals surface area contributed by atoms with Crippen molar-refractivity contribution in [3.8, 4) is 5.75 Å². The third-order valence-electron chi connectivity index (χ3n) is 5.13. The molecule has 4 N–H and O–H groups in total. The first kappa shape index (κ1) is 23.3. The number of halogens is 2. The van der Waals surface area contributed by atoms with Gasteiger partial charge in [-0.15, -0.1) is 0 Å². The van der Waals surface area contributed by atoms with Crippen LogP contribution in [0.3, 0.4) is 0 Å². The molecular weight excluding hydrogens is 416 g/mol. The number of hydrogen-bond acceptors (Lipinski definition) is 4. The van der Waals surface area contributed by atoms with E-state index in [1.165, 1.54) is 30.3 Å². The average molecular weight is 446 g/mol. The van der Waals surface area contributed by atoms with Gasteiger partial charge in [0.25, 0.3) is 5.91 Å². The van der Waals surface area contributed by atoms with Crippen molar-refractivity contribution in [2.75, 3.05) is 37.6 Å². The Morgan fingerprint density at radius 2 is 1.94 bits per heavy atom. The highest BCUT2D eigenvalue weighted by atomic mass is 19.1. The first-order valence-electron chi connectivity index (χ1n) is 10.8. The number of carbonyl (C=O) groups excluding carboxylic acids is 1. The van der Waals surface area contributed by atoms with Crippen LogP contribution in [0.2, 0.25) is 0 Å². The van der Waals surface area contributed by atoms with Gasteiger partial charge in [-0.05, 0) is 50.1 Å². The number of anilines is 1. The van der Waals surface area contributed by atoms with Gasteiger partial charge >= 0.3 is 0 Å². The fourth-order valence-electron chi connectivity index (χ4n) is 3.61. The van der Waals surface area contributed by atoms with Gasteiger partial charge in [0.15, 0.2) is 5.96 Å². The molecule has 1 fully saturated rings. The van der Waals surface area contributed by atoms with Crippen LogP contribution in [0.5, 0.6) is 5.75 Å².